The van der Waals surface area contributed by atoms with Crippen LogP contribution in [-0.4, -0.2) is 31.9 Å². The molecule has 1 aliphatic rings. The molecule has 0 spiro atoms. The molecule has 0 aromatic carbocycles. The first-order chi connectivity index (χ1) is 9.40. The van der Waals surface area contributed by atoms with E-state index in [0.717, 1.165) is 17.6 Å². The Bertz CT molecular complexity index is 468. The van der Waals surface area contributed by atoms with Crippen LogP contribution >= 0.6 is 0 Å². The largest absolute Gasteiger partial charge is 0.306 e. The summed E-state index contributed by atoms with van der Waals surface area (Å²) in [4.78, 5) is 11.3. The van der Waals surface area contributed by atoms with E-state index in [9.17, 15) is 13.6 Å². The van der Waals surface area contributed by atoms with Crippen LogP contribution in [0.4, 0.5) is 0 Å². The van der Waals surface area contributed by atoms with Gasteiger partial charge in [0.25, 0.3) is 0 Å². The van der Waals surface area contributed by atoms with Gasteiger partial charge in [0.05, 0.1) is 11.3 Å². The third kappa shape index (κ3) is 4.23. The van der Waals surface area contributed by atoms with E-state index < -0.39 is 16.3 Å². The van der Waals surface area contributed by atoms with Crippen molar-refractivity contribution in [2.75, 3.05) is 0 Å². The number of carbonyl (C=O) groups is 1. The van der Waals surface area contributed by atoms with Crippen LogP contribution in [-0.2, 0) is 15.9 Å². The van der Waals surface area contributed by atoms with Crippen molar-refractivity contribution in [1.82, 2.24) is 5.32 Å². The Morgan fingerprint density at radius 3 is 2.70 bits per heavy atom. The lowest BCUT2D eigenvalue weighted by Gasteiger charge is -2.33. The first-order valence-electron chi connectivity index (χ1n) is 6.75. The fourth-order valence-electron chi connectivity index (χ4n) is 2.53. The maximum atomic E-state index is 11.6. The summed E-state index contributed by atoms with van der Waals surface area (Å²) >= 11 is -1.92. The Morgan fingerprint density at radius 1 is 1.60 bits per heavy atom. The van der Waals surface area contributed by atoms with Crippen molar-refractivity contribution in [1.29, 1.82) is 0 Å². The van der Waals surface area contributed by atoms with E-state index in [0.29, 0.717) is 6.42 Å². The molecule has 4 nitrogen and oxygen atoms in total. The van der Waals surface area contributed by atoms with Crippen molar-refractivity contribution >= 4 is 16.9 Å². The Hall–Kier alpha value is -1.04. The molecule has 0 aromatic rings. The molecule has 0 aliphatic heterocycles. The summed E-state index contributed by atoms with van der Waals surface area (Å²) in [6.45, 7) is 8.92. The number of Topliss-reactive ketones (excluding diaryl/α,β-unsaturated/α-hetero) is 1. The minimum absolute atomic E-state index is 0.0184. The first kappa shape index (κ1) is 17.0. The number of carbonyl (C=O) groups excluding carboxylic acids is 1. The van der Waals surface area contributed by atoms with Crippen molar-refractivity contribution in [3.05, 3.63) is 36.0 Å². The third-order valence-electron chi connectivity index (χ3n) is 3.65. The van der Waals surface area contributed by atoms with E-state index in [1.165, 1.54) is 0 Å². The summed E-state index contributed by atoms with van der Waals surface area (Å²) in [6.07, 6.45) is 6.74. The van der Waals surface area contributed by atoms with E-state index in [1.807, 2.05) is 26.0 Å². The summed E-state index contributed by atoms with van der Waals surface area (Å²) in [7, 11) is 0. The molecule has 2 N–H and O–H groups in total. The summed E-state index contributed by atoms with van der Waals surface area (Å²) in [5.74, 6) is 0.0674. The topological polar surface area (TPSA) is 66.4 Å². The van der Waals surface area contributed by atoms with E-state index in [-0.39, 0.29) is 17.9 Å². The summed E-state index contributed by atoms with van der Waals surface area (Å²) in [6, 6.07) is -0.227. The van der Waals surface area contributed by atoms with Crippen LogP contribution in [0, 0.1) is 0 Å². The highest BCUT2D eigenvalue weighted by Crippen LogP contribution is 2.32. The minimum Gasteiger partial charge on any atom is -0.306 e. The highest BCUT2D eigenvalue weighted by atomic mass is 32.2. The first-order valence-corrected chi connectivity index (χ1v) is 7.92. The molecule has 1 rings (SSSR count). The van der Waals surface area contributed by atoms with Gasteiger partial charge in [0, 0.05) is 6.04 Å². The fourth-order valence-corrected chi connectivity index (χ4v) is 3.43. The average molecular weight is 297 g/mol. The van der Waals surface area contributed by atoms with Crippen molar-refractivity contribution in [3.63, 3.8) is 0 Å². The molecule has 0 aromatic heterocycles. The molecule has 0 amide bonds. The van der Waals surface area contributed by atoms with Gasteiger partial charge >= 0.3 is 0 Å². The molecule has 0 bridgehead atoms. The molecule has 4 atom stereocenters. The lowest BCUT2D eigenvalue weighted by molar-refractivity contribution is -0.118. The van der Waals surface area contributed by atoms with Gasteiger partial charge in [0.15, 0.2) is 11.1 Å². The van der Waals surface area contributed by atoms with Crippen molar-refractivity contribution < 1.29 is 13.6 Å². The van der Waals surface area contributed by atoms with Crippen LogP contribution in [0.3, 0.4) is 0 Å². The van der Waals surface area contributed by atoms with Crippen molar-refractivity contribution in [3.8, 4) is 0 Å². The highest BCUT2D eigenvalue weighted by Gasteiger charge is 2.33. The zero-order valence-electron chi connectivity index (χ0n) is 12.3. The zero-order chi connectivity index (χ0) is 15.3. The maximum Gasteiger partial charge on any atom is 0.160 e. The van der Waals surface area contributed by atoms with E-state index in [2.05, 4.69) is 11.9 Å². The number of hydrogen-bond donors (Lipinski definition) is 2. The van der Waals surface area contributed by atoms with Crippen LogP contribution in [0.5, 0.6) is 0 Å². The number of allylic oxidation sites excluding steroid dienone is 3. The fraction of sp³-hybridized carbons (Fsp3) is 0.533. The SMILES string of the molecule is C=C/C=C1/C[C@@H](NC(C)C(C)=O)CC(S(=O)O)/C1=C/C. The lowest BCUT2D eigenvalue weighted by Crippen LogP contribution is -2.45. The van der Waals surface area contributed by atoms with Crippen LogP contribution in [0.25, 0.3) is 0 Å². The number of rotatable bonds is 5. The van der Waals surface area contributed by atoms with E-state index in [4.69, 9.17) is 0 Å². The lowest BCUT2D eigenvalue weighted by atomic mass is 9.84. The summed E-state index contributed by atoms with van der Waals surface area (Å²) in [5, 5.41) is 2.82. The number of hydrogen-bond acceptors (Lipinski definition) is 3. The van der Waals surface area contributed by atoms with Gasteiger partial charge in [-0.15, -0.1) is 0 Å². The predicted molar refractivity (Wildman–Crippen MR) is 82.9 cm³/mol. The third-order valence-corrected chi connectivity index (χ3v) is 4.58. The average Bonchev–Trinajstić information content (AvgIpc) is 2.38. The van der Waals surface area contributed by atoms with Gasteiger partial charge < -0.3 is 9.87 Å². The molecular weight excluding hydrogens is 274 g/mol. The van der Waals surface area contributed by atoms with Crippen molar-refractivity contribution in [2.24, 2.45) is 0 Å². The van der Waals surface area contributed by atoms with Crippen molar-refractivity contribution in [2.45, 2.75) is 50.9 Å². The van der Waals surface area contributed by atoms with E-state index >= 15 is 0 Å². The van der Waals surface area contributed by atoms with Gasteiger partial charge in [-0.1, -0.05) is 24.8 Å². The van der Waals surface area contributed by atoms with E-state index in [1.54, 1.807) is 13.0 Å². The molecule has 20 heavy (non-hydrogen) atoms. The number of ketones is 1. The predicted octanol–water partition coefficient (Wildman–Crippen LogP) is 2.36. The molecule has 0 saturated heterocycles. The Labute approximate surface area is 123 Å². The van der Waals surface area contributed by atoms with Gasteiger partial charge in [-0.05, 0) is 44.8 Å². The second-order valence-corrected chi connectivity index (χ2v) is 6.19. The maximum absolute atomic E-state index is 11.6. The van der Waals surface area contributed by atoms with Crippen LogP contribution in [0.2, 0.25) is 0 Å². The molecular formula is C15H23NO3S. The smallest absolute Gasteiger partial charge is 0.160 e. The molecule has 5 heteroatoms. The highest BCUT2D eigenvalue weighted by molar-refractivity contribution is 7.80. The Kier molecular flexibility index (Phi) is 6.52. The second-order valence-electron chi connectivity index (χ2n) is 5.07. The van der Waals surface area contributed by atoms with Gasteiger partial charge in [-0.25, -0.2) is 4.21 Å². The summed E-state index contributed by atoms with van der Waals surface area (Å²) in [5.41, 5.74) is 1.91. The second kappa shape index (κ2) is 7.67. The van der Waals surface area contributed by atoms with Gasteiger partial charge in [0.2, 0.25) is 0 Å². The standard InChI is InChI=1S/C15H23NO3S/c1-5-7-12-8-13(16-10(3)11(4)17)9-15(20(18)19)14(12)6-2/h5-7,10,13,15-16H,1,8-9H2,2-4H3,(H,18,19)/b12-7-,14-6+/t10?,13-,15?/m1/s1. The van der Waals surface area contributed by atoms with Gasteiger partial charge in [-0.2, -0.15) is 0 Å². The van der Waals surface area contributed by atoms with Crippen LogP contribution in [0.15, 0.2) is 36.0 Å². The van der Waals surface area contributed by atoms with Crippen LogP contribution < -0.4 is 5.32 Å². The molecule has 1 aliphatic carbocycles. The Morgan fingerprint density at radius 2 is 2.25 bits per heavy atom. The van der Waals surface area contributed by atoms with Gasteiger partial charge in [0.1, 0.15) is 5.78 Å². The molecule has 0 heterocycles. The minimum atomic E-state index is -1.92. The summed E-state index contributed by atoms with van der Waals surface area (Å²) < 4.78 is 21.1. The quantitative estimate of drug-likeness (QED) is 0.765. The number of nitrogens with one attached hydrogen (secondary N) is 1. The molecule has 1 fully saturated rings. The normalized spacial score (nSPS) is 30.2. The molecule has 1 saturated carbocycles. The van der Waals surface area contributed by atoms with Crippen LogP contribution in [0.1, 0.15) is 33.6 Å². The van der Waals surface area contributed by atoms with Gasteiger partial charge in [-0.3, -0.25) is 4.79 Å². The Balaban J connectivity index is 2.98. The molecule has 0 radical (unpaired) electrons. The monoisotopic (exact) mass is 297 g/mol. The zero-order valence-corrected chi connectivity index (χ0v) is 13.1. The molecule has 3 unspecified atom stereocenters. The molecule has 112 valence electrons.